The van der Waals surface area contributed by atoms with Gasteiger partial charge in [-0.15, -0.1) is 0 Å². The molecule has 1 aromatic carbocycles. The van der Waals surface area contributed by atoms with Gasteiger partial charge in [-0.25, -0.2) is 6.07 Å². The fourth-order valence-corrected chi connectivity index (χ4v) is 2.11. The summed E-state index contributed by atoms with van der Waals surface area (Å²) in [5.41, 5.74) is 4.77. The third-order valence-corrected chi connectivity index (χ3v) is 2.71. The minimum Gasteiger partial charge on any atom is -0.668 e. The molecule has 0 aliphatic rings. The summed E-state index contributed by atoms with van der Waals surface area (Å²) in [4.78, 5) is 0. The van der Waals surface area contributed by atoms with Crippen molar-refractivity contribution in [3.8, 4) is 0 Å². The maximum Gasteiger partial charge on any atom is 4.00 e. The van der Waals surface area contributed by atoms with Crippen LogP contribution in [-0.2, 0) is 41.0 Å². The Bertz CT molecular complexity index is 284. The van der Waals surface area contributed by atoms with Crippen LogP contribution in [0.5, 0.6) is 0 Å². The van der Waals surface area contributed by atoms with Gasteiger partial charge in [-0.1, -0.05) is 59.3 Å². The van der Waals surface area contributed by atoms with E-state index < -0.39 is 0 Å². The molecule has 0 N–H and O–H groups in total. The van der Waals surface area contributed by atoms with Crippen molar-refractivity contribution in [2.75, 3.05) is 42.3 Å². The number of hydrogen-bond donors (Lipinski definition) is 0. The van der Waals surface area contributed by atoms with Gasteiger partial charge in [0, 0.05) is 0 Å². The van der Waals surface area contributed by atoms with Crippen LogP contribution in [0, 0.1) is 0 Å². The molecule has 0 amide bonds. The van der Waals surface area contributed by atoms with Crippen LogP contribution in [0.2, 0.25) is 0 Å². The molecule has 0 aromatic heterocycles. The molecule has 0 aliphatic heterocycles. The summed E-state index contributed by atoms with van der Waals surface area (Å²) in [6, 6.07) is 4.86. The van der Waals surface area contributed by atoms with Crippen molar-refractivity contribution in [2.45, 2.75) is 59.3 Å². The van der Waals surface area contributed by atoms with Crippen LogP contribution in [0.4, 0.5) is 0 Å². The van der Waals surface area contributed by atoms with Gasteiger partial charge in [0.25, 0.3) is 0 Å². The van der Waals surface area contributed by atoms with E-state index in [1.165, 1.54) is 38.5 Å². The Hall–Kier alpha value is -0.0557. The van der Waals surface area contributed by atoms with Gasteiger partial charge in [-0.2, -0.15) is 65.0 Å². The average molecular weight is 371 g/mol. The van der Waals surface area contributed by atoms with Gasteiger partial charge in [0.1, 0.15) is 0 Å². The minimum atomic E-state index is 0. The number of nitrogens with zero attached hydrogens (tertiary/aromatic N) is 3. The zero-order chi connectivity index (χ0) is 18.5. The van der Waals surface area contributed by atoms with Crippen LogP contribution in [0.1, 0.15) is 56.7 Å². The van der Waals surface area contributed by atoms with Gasteiger partial charge in [-0.3, -0.25) is 0 Å². The molecule has 1 aromatic rings. The van der Waals surface area contributed by atoms with E-state index in [1.807, 2.05) is 0 Å². The third kappa shape index (κ3) is 21.9. The molecular weight excluding hydrogens is 330 g/mol. The summed E-state index contributed by atoms with van der Waals surface area (Å²) < 4.78 is 0. The van der Waals surface area contributed by atoms with E-state index in [-0.39, 0.29) is 21.7 Å². The first-order valence-electron chi connectivity index (χ1n) is 8.77. The molecule has 0 aliphatic carbocycles. The summed E-state index contributed by atoms with van der Waals surface area (Å²) in [5, 5.41) is 10.5. The molecule has 0 atom stereocenters. The summed E-state index contributed by atoms with van der Waals surface area (Å²) in [7, 11) is 10.5. The second-order valence-corrected chi connectivity index (χ2v) is 5.51. The van der Waals surface area contributed by atoms with Crippen molar-refractivity contribution in [2.24, 2.45) is 0 Å². The molecule has 0 saturated carbocycles. The van der Waals surface area contributed by atoms with Crippen LogP contribution in [0.15, 0.2) is 12.1 Å². The van der Waals surface area contributed by atoms with E-state index in [9.17, 15) is 0 Å². The van der Waals surface area contributed by atoms with E-state index in [0.717, 1.165) is 0 Å². The van der Waals surface area contributed by atoms with E-state index in [4.69, 9.17) is 0 Å². The molecule has 0 spiro atoms. The molecule has 1 rings (SSSR count). The van der Waals surface area contributed by atoms with Crippen molar-refractivity contribution in [3.63, 3.8) is 0 Å². The van der Waals surface area contributed by atoms with Gasteiger partial charge in [0.15, 0.2) is 0 Å². The molecule has 0 saturated heterocycles. The molecule has 0 bridgehead atoms. The molecule has 4 heteroatoms. The molecule has 0 heterocycles. The van der Waals surface area contributed by atoms with E-state index in [1.54, 1.807) is 59.0 Å². The molecule has 0 fully saturated rings. The third-order valence-electron chi connectivity index (χ3n) is 2.71. The SMILES string of the molecule is CCCc1cc(CCC)[c-](CCC)c1.C[N-]C.C[N-]C.C[N-]C.[Ti+4]. The van der Waals surface area contributed by atoms with Crippen LogP contribution < -0.4 is 0 Å². The quantitative estimate of drug-likeness (QED) is 0.427. The minimum absolute atomic E-state index is 0. The molecule has 24 heavy (non-hydrogen) atoms. The Morgan fingerprint density at radius 2 is 1.17 bits per heavy atom. The zero-order valence-electron chi connectivity index (χ0n) is 17.7. The van der Waals surface area contributed by atoms with Crippen molar-refractivity contribution in [1.29, 1.82) is 0 Å². The van der Waals surface area contributed by atoms with Gasteiger partial charge in [0.2, 0.25) is 0 Å². The van der Waals surface area contributed by atoms with Gasteiger partial charge in [-0.05, 0) is 0 Å². The maximum atomic E-state index is 3.50. The van der Waals surface area contributed by atoms with Crippen LogP contribution in [0.25, 0.3) is 16.0 Å². The summed E-state index contributed by atoms with van der Waals surface area (Å²) in [6.45, 7) is 6.79. The topological polar surface area (TPSA) is 42.3 Å². The molecular formula is C20H41N3Ti. The number of hydrogen-bond acceptors (Lipinski definition) is 0. The van der Waals surface area contributed by atoms with Crippen molar-refractivity contribution >= 4 is 0 Å². The smallest absolute Gasteiger partial charge is 0.668 e. The monoisotopic (exact) mass is 371 g/mol. The van der Waals surface area contributed by atoms with Gasteiger partial charge >= 0.3 is 21.7 Å². The normalized spacial score (nSPS) is 8.54. The summed E-state index contributed by atoms with van der Waals surface area (Å²) in [5.74, 6) is 0. The summed E-state index contributed by atoms with van der Waals surface area (Å²) >= 11 is 0. The summed E-state index contributed by atoms with van der Waals surface area (Å²) in [6.07, 6.45) is 7.58. The van der Waals surface area contributed by atoms with E-state index >= 15 is 0 Å². The Morgan fingerprint density at radius 1 is 0.750 bits per heavy atom. The van der Waals surface area contributed by atoms with Crippen LogP contribution in [0.3, 0.4) is 0 Å². The largest absolute Gasteiger partial charge is 4.00 e. The van der Waals surface area contributed by atoms with Crippen molar-refractivity contribution < 1.29 is 21.7 Å². The number of aryl methyl sites for hydroxylation is 3. The second-order valence-electron chi connectivity index (χ2n) is 5.51. The van der Waals surface area contributed by atoms with E-state index in [2.05, 4.69) is 48.9 Å². The zero-order valence-corrected chi connectivity index (χ0v) is 19.3. The van der Waals surface area contributed by atoms with Gasteiger partial charge in [0.05, 0.1) is 0 Å². The predicted octanol–water partition coefficient (Wildman–Crippen LogP) is 6.12. The second kappa shape index (κ2) is 27.8. The van der Waals surface area contributed by atoms with Crippen molar-refractivity contribution in [3.05, 3.63) is 44.8 Å². The Morgan fingerprint density at radius 3 is 1.50 bits per heavy atom. The van der Waals surface area contributed by atoms with Crippen LogP contribution >= 0.6 is 0 Å². The first kappa shape index (κ1) is 31.7. The molecule has 3 nitrogen and oxygen atoms in total. The Balaban J connectivity index is -0.000000169. The maximum absolute atomic E-state index is 3.50. The fraction of sp³-hybridized carbons (Fsp3) is 0.750. The Kier molecular flexibility index (Phi) is 36.7. The Labute approximate surface area is 168 Å². The predicted molar refractivity (Wildman–Crippen MR) is 110 cm³/mol. The first-order chi connectivity index (χ1) is 11.1. The van der Waals surface area contributed by atoms with E-state index in [0.29, 0.717) is 0 Å². The van der Waals surface area contributed by atoms with Crippen LogP contribution in [-0.4, -0.2) is 42.3 Å². The fourth-order valence-electron chi connectivity index (χ4n) is 2.11. The van der Waals surface area contributed by atoms with Crippen molar-refractivity contribution in [1.82, 2.24) is 0 Å². The van der Waals surface area contributed by atoms with Gasteiger partial charge < -0.3 is 16.0 Å². The number of rotatable bonds is 6. The molecule has 140 valence electrons. The average Bonchev–Trinajstić information content (AvgIpc) is 2.85. The first-order valence-corrected chi connectivity index (χ1v) is 8.77. The molecule has 0 unspecified atom stereocenters. The standard InChI is InChI=1S/C14H23.3C2H6N.Ti/c1-4-7-12-10-13(8-5-2)14(11-12)9-6-3;3*1-3-2;/h10-11H,4-9H2,1-3H3;3*1-2H3;/q4*-1;+4. The molecule has 0 radical (unpaired) electrons.